The molecule has 0 fully saturated rings. The second kappa shape index (κ2) is 21.8. The minimum atomic E-state index is -0.144. The molecule has 0 amide bonds. The first-order valence-corrected chi connectivity index (χ1v) is 34.0. The molecule has 0 aliphatic carbocycles. The van der Waals surface area contributed by atoms with Crippen molar-refractivity contribution < 1.29 is 0 Å². The van der Waals surface area contributed by atoms with E-state index in [4.69, 9.17) is 0 Å². The van der Waals surface area contributed by atoms with E-state index in [0.717, 1.165) is 17.1 Å². The third-order valence-corrected chi connectivity index (χ3v) is 20.0. The lowest BCUT2D eigenvalue weighted by Gasteiger charge is -2.33. The van der Waals surface area contributed by atoms with Crippen molar-refractivity contribution in [3.63, 3.8) is 0 Å². The lowest BCUT2D eigenvalue weighted by molar-refractivity contribution is 0.568. The molecule has 0 N–H and O–H groups in total. The van der Waals surface area contributed by atoms with Crippen molar-refractivity contribution in [2.75, 3.05) is 4.90 Å². The Hall–Kier alpha value is -7.94. The summed E-state index contributed by atoms with van der Waals surface area (Å²) in [6.07, 6.45) is 0. The van der Waals surface area contributed by atoms with Crippen molar-refractivity contribution in [3.8, 4) is 39.1 Å². The molecule has 0 radical (unpaired) electrons. The van der Waals surface area contributed by atoms with Crippen LogP contribution in [0, 0.1) is 0 Å². The molecule has 12 aromatic rings. The molecule has 0 aliphatic heterocycles. The summed E-state index contributed by atoms with van der Waals surface area (Å²) >= 11 is 0. The van der Waals surface area contributed by atoms with Crippen molar-refractivity contribution in [2.45, 2.75) is 209 Å². The van der Waals surface area contributed by atoms with Gasteiger partial charge < -0.3 is 9.47 Å². The van der Waals surface area contributed by atoms with Crippen molar-refractivity contribution in [1.82, 2.24) is 4.57 Å². The highest BCUT2D eigenvalue weighted by Gasteiger charge is 2.30. The standard InChI is InChI=1S/C90H102N2/c1-83(2,3)60-32-38-69(58-44-64(87(13,14)15)49-65(45-58)88(16,17)18)73(51-60)57-26-25-27-68(48-57)91(80-54-63(86(10,11)12)33-39-70(80)59-46-66(89(19,20)21)50-67(47-59)90(22,23)24)76-40-30-55-29-37-72-77(41-31-56-28-36-71(76)81(55)82(56)72)92-78-42-34-61(84(4,5)6)52-74(78)75-53-62(85(7,8)9)35-43-79(75)92/h25-54H,1-24H3. The van der Waals surface area contributed by atoms with Gasteiger partial charge in [-0.05, 0) is 192 Å². The maximum absolute atomic E-state index is 2.64. The number of hydrogen-bond donors (Lipinski definition) is 0. The average molecular weight is 1210 g/mol. The molecule has 2 heteroatoms. The van der Waals surface area contributed by atoms with Crippen LogP contribution in [0.25, 0.3) is 93.2 Å². The van der Waals surface area contributed by atoms with Gasteiger partial charge in [0.25, 0.3) is 0 Å². The van der Waals surface area contributed by atoms with Gasteiger partial charge in [0.15, 0.2) is 0 Å². The van der Waals surface area contributed by atoms with Crippen LogP contribution in [0.2, 0.25) is 0 Å². The predicted molar refractivity (Wildman–Crippen MR) is 405 cm³/mol. The molecular formula is C90H102N2. The van der Waals surface area contributed by atoms with Gasteiger partial charge in [0.2, 0.25) is 0 Å². The van der Waals surface area contributed by atoms with Crippen LogP contribution in [-0.2, 0) is 43.3 Å². The van der Waals surface area contributed by atoms with Crippen LogP contribution in [0.4, 0.5) is 17.1 Å². The van der Waals surface area contributed by atoms with Crippen LogP contribution in [0.15, 0.2) is 182 Å². The lowest BCUT2D eigenvalue weighted by atomic mass is 9.77. The molecule has 1 aromatic heterocycles. The number of anilines is 3. The molecule has 0 saturated carbocycles. The van der Waals surface area contributed by atoms with Crippen molar-refractivity contribution in [2.24, 2.45) is 0 Å². The summed E-state index contributed by atoms with van der Waals surface area (Å²) in [5.41, 5.74) is 24.6. The summed E-state index contributed by atoms with van der Waals surface area (Å²) in [7, 11) is 0. The quantitative estimate of drug-likeness (QED) is 0.144. The molecule has 0 spiro atoms. The first kappa shape index (κ1) is 64.2. The van der Waals surface area contributed by atoms with E-state index in [-0.39, 0.29) is 43.3 Å². The van der Waals surface area contributed by atoms with Gasteiger partial charge in [-0.25, -0.2) is 0 Å². The van der Waals surface area contributed by atoms with E-state index in [1.54, 1.807) is 0 Å². The summed E-state index contributed by atoms with van der Waals surface area (Å²) in [4.78, 5) is 2.64. The average Bonchev–Trinajstić information content (AvgIpc) is 1.26. The molecule has 11 aromatic carbocycles. The zero-order valence-electron chi connectivity index (χ0n) is 60.2. The van der Waals surface area contributed by atoms with Gasteiger partial charge in [0.1, 0.15) is 0 Å². The fourth-order valence-corrected chi connectivity index (χ4v) is 13.8. The topological polar surface area (TPSA) is 8.17 Å². The Morgan fingerprint density at radius 3 is 1.12 bits per heavy atom. The summed E-state index contributed by atoms with van der Waals surface area (Å²) in [5, 5.41) is 10.1. The minimum Gasteiger partial charge on any atom is -0.309 e. The second-order valence-corrected chi connectivity index (χ2v) is 35.4. The Morgan fingerprint density at radius 1 is 0.250 bits per heavy atom. The molecule has 1 heterocycles. The normalized spacial score (nSPS) is 13.4. The van der Waals surface area contributed by atoms with Gasteiger partial charge in [-0.2, -0.15) is 0 Å². The van der Waals surface area contributed by atoms with E-state index in [1.807, 2.05) is 0 Å². The van der Waals surface area contributed by atoms with Crippen LogP contribution in [-0.4, -0.2) is 4.57 Å². The maximum atomic E-state index is 2.64. The first-order valence-electron chi connectivity index (χ1n) is 34.0. The molecule has 92 heavy (non-hydrogen) atoms. The number of aromatic nitrogens is 1. The first-order chi connectivity index (χ1) is 42.6. The summed E-state index contributed by atoms with van der Waals surface area (Å²) in [5.74, 6) is 0. The Bertz CT molecular complexity index is 4720. The largest absolute Gasteiger partial charge is 0.309 e. The van der Waals surface area contributed by atoms with Crippen molar-refractivity contribution in [1.29, 1.82) is 0 Å². The molecule has 0 bridgehead atoms. The van der Waals surface area contributed by atoms with Crippen LogP contribution in [0.3, 0.4) is 0 Å². The van der Waals surface area contributed by atoms with Crippen LogP contribution >= 0.6 is 0 Å². The summed E-state index contributed by atoms with van der Waals surface area (Å²) in [6, 6.07) is 72.5. The molecule has 0 aliphatic rings. The zero-order chi connectivity index (χ0) is 66.5. The van der Waals surface area contributed by atoms with E-state index >= 15 is 0 Å². The minimum absolute atomic E-state index is 0.000198. The summed E-state index contributed by atoms with van der Waals surface area (Å²) < 4.78 is 2.56. The fourth-order valence-electron chi connectivity index (χ4n) is 13.8. The SMILES string of the molecule is CC(C)(C)c1cc(-c2ccc(C(C)(C)C)cc2-c2cccc(N(c3cc(C(C)(C)C)ccc3-c3cc(C(C)(C)C)cc(C(C)(C)C)c3)c3ccc4ccc5c(-n6c7ccc(C(C)(C)C)cc7c7cc(C(C)(C)C)ccc76)ccc6ccc3c4c65)c2)cc(C(C)(C)C)c1. The van der Waals surface area contributed by atoms with Gasteiger partial charge in [0, 0.05) is 32.8 Å². The Kier molecular flexibility index (Phi) is 15.2. The van der Waals surface area contributed by atoms with E-state index in [0.29, 0.717) is 0 Å². The molecule has 0 unspecified atom stereocenters. The number of nitrogens with zero attached hydrogens (tertiary/aromatic N) is 2. The number of rotatable bonds is 7. The van der Waals surface area contributed by atoms with Crippen LogP contribution < -0.4 is 4.90 Å². The highest BCUT2D eigenvalue weighted by molar-refractivity contribution is 6.28. The molecule has 2 nitrogen and oxygen atoms in total. The fraction of sp³-hybridized carbons (Fsp3) is 0.356. The number of fused-ring (bicyclic) bond motifs is 3. The Balaban J connectivity index is 1.18. The number of hydrogen-bond acceptors (Lipinski definition) is 1. The zero-order valence-corrected chi connectivity index (χ0v) is 60.2. The molecule has 0 saturated heterocycles. The third kappa shape index (κ3) is 11.8. The number of benzene rings is 11. The predicted octanol–water partition coefficient (Wildman–Crippen LogP) is 26.5. The van der Waals surface area contributed by atoms with Crippen molar-refractivity contribution in [3.05, 3.63) is 226 Å². The van der Waals surface area contributed by atoms with Crippen LogP contribution in [0.5, 0.6) is 0 Å². The van der Waals surface area contributed by atoms with Gasteiger partial charge in [-0.1, -0.05) is 294 Å². The second-order valence-electron chi connectivity index (χ2n) is 35.4. The van der Waals surface area contributed by atoms with E-state index in [1.165, 1.54) is 138 Å². The Labute approximate surface area is 552 Å². The van der Waals surface area contributed by atoms with E-state index in [9.17, 15) is 0 Å². The highest BCUT2D eigenvalue weighted by atomic mass is 15.1. The summed E-state index contributed by atoms with van der Waals surface area (Å²) in [6.45, 7) is 56.3. The third-order valence-electron chi connectivity index (χ3n) is 20.0. The van der Waals surface area contributed by atoms with Gasteiger partial charge in [-0.15, -0.1) is 0 Å². The van der Waals surface area contributed by atoms with Crippen molar-refractivity contribution >= 4 is 71.2 Å². The molecular weight excluding hydrogens is 1110 g/mol. The monoisotopic (exact) mass is 1210 g/mol. The van der Waals surface area contributed by atoms with Gasteiger partial charge in [0.05, 0.1) is 28.1 Å². The maximum Gasteiger partial charge on any atom is 0.0543 e. The molecule has 0 atom stereocenters. The van der Waals surface area contributed by atoms with E-state index in [2.05, 4.69) is 358 Å². The van der Waals surface area contributed by atoms with Gasteiger partial charge in [-0.3, -0.25) is 0 Å². The molecule has 472 valence electrons. The Morgan fingerprint density at radius 2 is 0.641 bits per heavy atom. The lowest BCUT2D eigenvalue weighted by Crippen LogP contribution is -2.18. The van der Waals surface area contributed by atoms with E-state index < -0.39 is 0 Å². The van der Waals surface area contributed by atoms with Crippen LogP contribution in [0.1, 0.15) is 211 Å². The molecule has 12 rings (SSSR count). The smallest absolute Gasteiger partial charge is 0.0543 e. The van der Waals surface area contributed by atoms with Gasteiger partial charge >= 0.3 is 0 Å². The highest BCUT2D eigenvalue weighted by Crippen LogP contribution is 2.51.